The van der Waals surface area contributed by atoms with Crippen molar-refractivity contribution >= 4 is 32.7 Å². The number of aromatic nitrogens is 2. The van der Waals surface area contributed by atoms with Crippen molar-refractivity contribution in [3.8, 4) is 5.88 Å². The molecule has 1 amide bonds. The van der Waals surface area contributed by atoms with Gasteiger partial charge in [-0.25, -0.2) is 18.1 Å². The van der Waals surface area contributed by atoms with E-state index in [0.717, 1.165) is 0 Å². The Balaban J connectivity index is 2.20. The van der Waals surface area contributed by atoms with Crippen LogP contribution in [0.2, 0.25) is 0 Å². The summed E-state index contributed by atoms with van der Waals surface area (Å²) < 4.78 is 33.4. The third-order valence-corrected chi connectivity index (χ3v) is 5.11. The Morgan fingerprint density at radius 1 is 1.15 bits per heavy atom. The number of ether oxygens (including phenoxy) is 1. The van der Waals surface area contributed by atoms with Crippen LogP contribution < -0.4 is 15.2 Å². The molecule has 0 aliphatic heterocycles. The first-order valence-corrected chi connectivity index (χ1v) is 9.04. The topological polar surface area (TPSA) is 124 Å². The smallest absolute Gasteiger partial charge is 0.265 e. The predicted octanol–water partition coefficient (Wildman–Crippen LogP) is 1.85. The lowest BCUT2D eigenvalue weighted by Crippen LogP contribution is -2.22. The molecule has 0 spiro atoms. The molecule has 2 aromatic carbocycles. The normalized spacial score (nSPS) is 11.3. The van der Waals surface area contributed by atoms with Gasteiger partial charge in [-0.3, -0.25) is 4.79 Å². The van der Waals surface area contributed by atoms with Gasteiger partial charge in [-0.15, -0.1) is 0 Å². The quantitative estimate of drug-likeness (QED) is 0.704. The second-order valence-electron chi connectivity index (χ2n) is 5.51. The van der Waals surface area contributed by atoms with Crippen molar-refractivity contribution in [3.63, 3.8) is 0 Å². The number of carbonyl (C=O) groups excluding carboxylic acids is 1. The lowest BCUT2D eigenvalue weighted by Gasteiger charge is -2.13. The number of benzene rings is 2. The number of methoxy groups -OCH3 is 1. The van der Waals surface area contributed by atoms with Crippen LogP contribution in [0.25, 0.3) is 10.8 Å². The van der Waals surface area contributed by atoms with E-state index in [2.05, 4.69) is 14.7 Å². The number of nitrogens with two attached hydrogens (primary N) is 1. The van der Waals surface area contributed by atoms with Gasteiger partial charge in [-0.2, -0.15) is 4.98 Å². The second kappa shape index (κ2) is 6.60. The minimum absolute atomic E-state index is 0.115. The van der Waals surface area contributed by atoms with Crippen LogP contribution in [-0.2, 0) is 10.0 Å². The van der Waals surface area contributed by atoms with Crippen molar-refractivity contribution in [2.24, 2.45) is 5.73 Å². The van der Waals surface area contributed by atoms with E-state index in [1.165, 1.54) is 13.2 Å². The Morgan fingerprint density at radius 3 is 2.58 bits per heavy atom. The number of carbonyl (C=O) groups is 1. The molecule has 0 radical (unpaired) electrons. The summed E-state index contributed by atoms with van der Waals surface area (Å²) in [6.45, 7) is 1.68. The number of hydrogen-bond donors (Lipinski definition) is 2. The van der Waals surface area contributed by atoms with Crippen molar-refractivity contribution in [2.75, 3.05) is 11.8 Å². The van der Waals surface area contributed by atoms with Gasteiger partial charge in [-0.05, 0) is 18.4 Å². The molecule has 0 fully saturated rings. The zero-order valence-corrected chi connectivity index (χ0v) is 14.9. The van der Waals surface area contributed by atoms with Crippen LogP contribution in [0.3, 0.4) is 0 Å². The molecule has 0 saturated carbocycles. The van der Waals surface area contributed by atoms with Crippen LogP contribution in [0.1, 0.15) is 16.1 Å². The molecule has 26 heavy (non-hydrogen) atoms. The molecule has 1 heterocycles. The molecular weight excluding hydrogens is 356 g/mol. The number of amides is 1. The Kier molecular flexibility index (Phi) is 4.47. The van der Waals surface area contributed by atoms with Crippen molar-refractivity contribution in [2.45, 2.75) is 11.8 Å². The molecule has 3 rings (SSSR count). The average Bonchev–Trinajstić information content (AvgIpc) is 2.59. The third kappa shape index (κ3) is 3.29. The van der Waals surface area contributed by atoms with Gasteiger partial charge in [0.2, 0.25) is 17.7 Å². The Labute approximate surface area is 150 Å². The van der Waals surface area contributed by atoms with Gasteiger partial charge in [0, 0.05) is 17.1 Å². The minimum Gasteiger partial charge on any atom is -0.481 e. The maximum Gasteiger partial charge on any atom is 0.265 e. The molecule has 3 N–H and O–H groups in total. The first kappa shape index (κ1) is 17.6. The van der Waals surface area contributed by atoms with E-state index in [1.807, 2.05) is 0 Å². The SMILES string of the molecule is COc1cc(C)nc(NS(=O)(=O)c2c(C(N)=O)ccc3ccccc23)n1. The number of sulfonamides is 1. The largest absolute Gasteiger partial charge is 0.481 e. The molecule has 0 unspecified atom stereocenters. The van der Waals surface area contributed by atoms with Crippen LogP contribution in [0.4, 0.5) is 5.95 Å². The number of anilines is 1. The highest BCUT2D eigenvalue weighted by molar-refractivity contribution is 7.93. The molecule has 0 saturated heterocycles. The van der Waals surface area contributed by atoms with Gasteiger partial charge in [0.1, 0.15) is 4.90 Å². The van der Waals surface area contributed by atoms with Crippen LogP contribution in [-0.4, -0.2) is 31.4 Å². The fourth-order valence-electron chi connectivity index (χ4n) is 2.59. The standard InChI is InChI=1S/C17H16N4O4S/c1-10-9-14(25-2)20-17(19-10)21-26(23,24)15-12-6-4-3-5-11(12)7-8-13(15)16(18)22/h3-9H,1-2H3,(H2,18,22)(H,19,20,21). The first-order valence-electron chi connectivity index (χ1n) is 7.56. The molecule has 0 bridgehead atoms. The van der Waals surface area contributed by atoms with Crippen LogP contribution in [0.15, 0.2) is 47.4 Å². The number of nitrogens with zero attached hydrogens (tertiary/aromatic N) is 2. The molecule has 3 aromatic rings. The van der Waals surface area contributed by atoms with Crippen LogP contribution in [0, 0.1) is 6.92 Å². The summed E-state index contributed by atoms with van der Waals surface area (Å²) in [4.78, 5) is 19.6. The van der Waals surface area contributed by atoms with Gasteiger partial charge in [0.15, 0.2) is 0 Å². The Morgan fingerprint density at radius 2 is 1.88 bits per heavy atom. The van der Waals surface area contributed by atoms with Crippen molar-refractivity contribution in [3.05, 3.63) is 53.7 Å². The van der Waals surface area contributed by atoms with Gasteiger partial charge in [0.25, 0.3) is 10.0 Å². The average molecular weight is 372 g/mol. The van der Waals surface area contributed by atoms with E-state index < -0.39 is 15.9 Å². The van der Waals surface area contributed by atoms with E-state index >= 15 is 0 Å². The summed E-state index contributed by atoms with van der Waals surface area (Å²) in [6, 6.07) is 11.4. The Hall–Kier alpha value is -3.20. The number of nitrogens with one attached hydrogen (secondary N) is 1. The zero-order chi connectivity index (χ0) is 18.9. The van der Waals surface area contributed by atoms with E-state index in [-0.39, 0.29) is 22.3 Å². The number of primary amides is 1. The predicted molar refractivity (Wildman–Crippen MR) is 96.6 cm³/mol. The van der Waals surface area contributed by atoms with Crippen LogP contribution >= 0.6 is 0 Å². The maximum absolute atomic E-state index is 13.0. The minimum atomic E-state index is -4.19. The maximum atomic E-state index is 13.0. The van der Waals surface area contributed by atoms with Crippen molar-refractivity contribution in [1.82, 2.24) is 9.97 Å². The van der Waals surface area contributed by atoms with Gasteiger partial charge in [-0.1, -0.05) is 30.3 Å². The van der Waals surface area contributed by atoms with Gasteiger partial charge < -0.3 is 10.5 Å². The zero-order valence-electron chi connectivity index (χ0n) is 14.1. The molecule has 0 atom stereocenters. The lowest BCUT2D eigenvalue weighted by atomic mass is 10.1. The van der Waals surface area contributed by atoms with Crippen molar-refractivity contribution in [1.29, 1.82) is 0 Å². The molecular formula is C17H16N4O4S. The summed E-state index contributed by atoms with van der Waals surface area (Å²) in [6.07, 6.45) is 0. The molecule has 0 aliphatic rings. The highest BCUT2D eigenvalue weighted by Crippen LogP contribution is 2.28. The second-order valence-corrected chi connectivity index (χ2v) is 7.13. The summed E-state index contributed by atoms with van der Waals surface area (Å²) in [5, 5.41) is 1.02. The Bertz CT molecular complexity index is 1110. The summed E-state index contributed by atoms with van der Waals surface area (Å²) in [5.41, 5.74) is 5.78. The van der Waals surface area contributed by atoms with Crippen LogP contribution in [0.5, 0.6) is 5.88 Å². The number of fused-ring (bicyclic) bond motifs is 1. The fourth-order valence-corrected chi connectivity index (χ4v) is 3.95. The fraction of sp³-hybridized carbons (Fsp3) is 0.118. The lowest BCUT2D eigenvalue weighted by molar-refractivity contribution is 0.0997. The third-order valence-electron chi connectivity index (χ3n) is 3.68. The number of rotatable bonds is 5. The summed E-state index contributed by atoms with van der Waals surface area (Å²) >= 11 is 0. The van der Waals surface area contributed by atoms with Gasteiger partial charge >= 0.3 is 0 Å². The highest BCUT2D eigenvalue weighted by Gasteiger charge is 2.25. The summed E-state index contributed by atoms with van der Waals surface area (Å²) in [5.74, 6) is -0.799. The summed E-state index contributed by atoms with van der Waals surface area (Å²) in [7, 11) is -2.78. The molecule has 134 valence electrons. The van der Waals surface area contributed by atoms with E-state index in [1.54, 1.807) is 43.3 Å². The first-order chi connectivity index (χ1) is 12.3. The highest BCUT2D eigenvalue weighted by atomic mass is 32.2. The molecule has 0 aliphatic carbocycles. The van der Waals surface area contributed by atoms with Gasteiger partial charge in [0.05, 0.1) is 12.7 Å². The monoisotopic (exact) mass is 372 g/mol. The number of hydrogen-bond acceptors (Lipinski definition) is 6. The molecule has 8 nitrogen and oxygen atoms in total. The molecule has 1 aromatic heterocycles. The van der Waals surface area contributed by atoms with E-state index in [9.17, 15) is 13.2 Å². The van der Waals surface area contributed by atoms with Crippen molar-refractivity contribution < 1.29 is 17.9 Å². The molecule has 9 heteroatoms. The number of aryl methyl sites for hydroxylation is 1. The van der Waals surface area contributed by atoms with E-state index in [0.29, 0.717) is 16.5 Å². The van der Waals surface area contributed by atoms with E-state index in [4.69, 9.17) is 10.5 Å².